The highest BCUT2D eigenvalue weighted by Gasteiger charge is 2.21. The van der Waals surface area contributed by atoms with Gasteiger partial charge in [-0.25, -0.2) is 9.78 Å². The van der Waals surface area contributed by atoms with Crippen molar-refractivity contribution in [2.24, 2.45) is 0 Å². The second kappa shape index (κ2) is 12.6. The van der Waals surface area contributed by atoms with E-state index in [1.54, 1.807) is 38.1 Å². The molecule has 4 N–H and O–H groups in total. The molecule has 0 fully saturated rings. The minimum Gasteiger partial charge on any atom is -0.480 e. The van der Waals surface area contributed by atoms with E-state index in [2.05, 4.69) is 20.9 Å². The molecule has 0 aliphatic carbocycles. The number of aliphatic carboxylic acids is 1. The monoisotopic (exact) mass is 496 g/mol. The molecule has 0 spiro atoms. The number of hydrogen-bond donors (Lipinski definition) is 4. The number of nitrogens with zero attached hydrogens (tertiary/aromatic N) is 1. The first kappa shape index (κ1) is 25.9. The van der Waals surface area contributed by atoms with Gasteiger partial charge in [0.05, 0.1) is 18.7 Å². The van der Waals surface area contributed by atoms with E-state index >= 15 is 0 Å². The van der Waals surface area contributed by atoms with Crippen LogP contribution in [0.3, 0.4) is 0 Å². The number of amides is 1. The molecule has 1 unspecified atom stereocenters. The van der Waals surface area contributed by atoms with E-state index in [1.165, 1.54) is 11.3 Å². The fourth-order valence-electron chi connectivity index (χ4n) is 3.28. The number of rotatable bonds is 12. The number of anilines is 3. The van der Waals surface area contributed by atoms with Crippen LogP contribution in [0.25, 0.3) is 0 Å². The van der Waals surface area contributed by atoms with Gasteiger partial charge in [-0.3, -0.25) is 9.59 Å². The van der Waals surface area contributed by atoms with Gasteiger partial charge < -0.3 is 25.8 Å². The maximum Gasteiger partial charge on any atom is 0.350 e. The van der Waals surface area contributed by atoms with Crippen molar-refractivity contribution in [3.63, 3.8) is 0 Å². The van der Waals surface area contributed by atoms with Crippen LogP contribution >= 0.6 is 11.3 Å². The molecule has 0 aliphatic rings. The molecule has 9 nitrogen and oxygen atoms in total. The van der Waals surface area contributed by atoms with E-state index in [1.807, 2.05) is 30.3 Å². The normalized spacial score (nSPS) is 11.5. The van der Waals surface area contributed by atoms with Crippen molar-refractivity contribution in [1.29, 1.82) is 0 Å². The molecule has 3 aromatic rings. The number of esters is 1. The Balaban J connectivity index is 1.51. The lowest BCUT2D eigenvalue weighted by Gasteiger charge is -2.14. The van der Waals surface area contributed by atoms with E-state index in [9.17, 15) is 19.5 Å². The number of carboxylic acids is 1. The van der Waals surface area contributed by atoms with Gasteiger partial charge in [0, 0.05) is 11.4 Å². The summed E-state index contributed by atoms with van der Waals surface area (Å²) in [5, 5.41) is 18.8. The number of carboxylic acid groups (broad SMARTS) is 1. The number of carbonyl (C=O) groups is 3. The summed E-state index contributed by atoms with van der Waals surface area (Å²) in [6.07, 6.45) is 0.472. The minimum atomic E-state index is -1.08. The summed E-state index contributed by atoms with van der Waals surface area (Å²) in [6.45, 7) is 4.23. The van der Waals surface area contributed by atoms with Gasteiger partial charge in [-0.15, -0.1) is 0 Å². The van der Waals surface area contributed by atoms with Gasteiger partial charge in [0.1, 0.15) is 10.9 Å². The third-order valence-corrected chi connectivity index (χ3v) is 6.07. The van der Waals surface area contributed by atoms with E-state index in [-0.39, 0.29) is 6.42 Å². The van der Waals surface area contributed by atoms with Gasteiger partial charge in [-0.1, -0.05) is 41.7 Å². The van der Waals surface area contributed by atoms with Crippen molar-refractivity contribution in [2.45, 2.75) is 32.7 Å². The Morgan fingerprint density at radius 2 is 1.74 bits per heavy atom. The zero-order chi connectivity index (χ0) is 25.2. The molecule has 10 heteroatoms. The second-order valence-electron chi connectivity index (χ2n) is 7.69. The van der Waals surface area contributed by atoms with Crippen LogP contribution in [-0.4, -0.2) is 47.1 Å². The average molecular weight is 497 g/mol. The van der Waals surface area contributed by atoms with Crippen LogP contribution in [-0.2, 0) is 20.7 Å². The number of nitrogens with one attached hydrogen (secondary N) is 3. The Labute approximate surface area is 207 Å². The maximum atomic E-state index is 12.4. The molecule has 35 heavy (non-hydrogen) atoms. The summed E-state index contributed by atoms with van der Waals surface area (Å²) < 4.78 is 5.03. The molecule has 0 saturated carbocycles. The van der Waals surface area contributed by atoms with Crippen LogP contribution in [0.5, 0.6) is 0 Å². The summed E-state index contributed by atoms with van der Waals surface area (Å²) in [5.41, 5.74) is 2.94. The summed E-state index contributed by atoms with van der Waals surface area (Å²) in [6, 6.07) is 15.6. The first-order valence-electron chi connectivity index (χ1n) is 11.2. The molecule has 0 aliphatic heterocycles. The fourth-order valence-corrected chi connectivity index (χ4v) is 4.16. The number of ether oxygens (including phenoxy) is 1. The van der Waals surface area contributed by atoms with Crippen molar-refractivity contribution < 1.29 is 24.2 Å². The Kier molecular flexibility index (Phi) is 9.33. The molecule has 1 aromatic heterocycles. The molecule has 0 saturated heterocycles. The number of hydrogen-bond acceptors (Lipinski definition) is 8. The van der Waals surface area contributed by atoms with Crippen molar-refractivity contribution in [3.8, 4) is 0 Å². The Morgan fingerprint density at radius 1 is 1.06 bits per heavy atom. The van der Waals surface area contributed by atoms with Gasteiger partial charge in [-0.2, -0.15) is 0 Å². The lowest BCUT2D eigenvalue weighted by atomic mass is 10.1. The van der Waals surface area contributed by atoms with Crippen LogP contribution in [0.4, 0.5) is 16.5 Å². The lowest BCUT2D eigenvalue weighted by Crippen LogP contribution is -2.40. The number of benzene rings is 2. The third-order valence-electron chi connectivity index (χ3n) is 5.01. The van der Waals surface area contributed by atoms with E-state index in [4.69, 9.17) is 4.74 Å². The average Bonchev–Trinajstić information content (AvgIpc) is 3.20. The molecular weight excluding hydrogens is 468 g/mol. The highest BCUT2D eigenvalue weighted by Crippen LogP contribution is 2.27. The maximum absolute atomic E-state index is 12.4. The zero-order valence-electron chi connectivity index (χ0n) is 19.5. The van der Waals surface area contributed by atoms with Crippen molar-refractivity contribution >= 4 is 45.7 Å². The molecule has 0 bridgehead atoms. The van der Waals surface area contributed by atoms with Gasteiger partial charge >= 0.3 is 11.9 Å². The molecule has 1 atom stereocenters. The predicted molar refractivity (Wildman–Crippen MR) is 135 cm³/mol. The summed E-state index contributed by atoms with van der Waals surface area (Å²) in [4.78, 5) is 40.7. The van der Waals surface area contributed by atoms with Crippen molar-refractivity contribution in [1.82, 2.24) is 10.3 Å². The topological polar surface area (TPSA) is 130 Å². The lowest BCUT2D eigenvalue weighted by molar-refractivity contribution is -0.141. The first-order chi connectivity index (χ1) is 16.9. The second-order valence-corrected chi connectivity index (χ2v) is 8.69. The van der Waals surface area contributed by atoms with E-state index in [0.29, 0.717) is 41.0 Å². The standard InChI is InChI=1S/C25H28N4O5S/c1-3-34-24(33)22-16(2)27-25(35-22)29-19-11-9-18(10-12-19)28-21(30)15-20(23(31)32)26-14-13-17-7-5-4-6-8-17/h4-12,20,26H,3,13-15H2,1-2H3,(H,27,29)(H,28,30)(H,31,32). The predicted octanol–water partition coefficient (Wildman–Crippen LogP) is 3.99. The van der Waals surface area contributed by atoms with Crippen LogP contribution < -0.4 is 16.0 Å². The van der Waals surface area contributed by atoms with Crippen molar-refractivity contribution in [3.05, 3.63) is 70.7 Å². The zero-order valence-corrected chi connectivity index (χ0v) is 20.4. The van der Waals surface area contributed by atoms with Gasteiger partial charge in [0.25, 0.3) is 0 Å². The number of aryl methyl sites for hydroxylation is 1. The SMILES string of the molecule is CCOC(=O)c1sc(Nc2ccc(NC(=O)CC(NCCc3ccccc3)C(=O)O)cc2)nc1C. The third kappa shape index (κ3) is 7.90. The molecule has 3 rings (SSSR count). The Morgan fingerprint density at radius 3 is 2.40 bits per heavy atom. The van der Waals surface area contributed by atoms with Crippen LogP contribution in [0.1, 0.15) is 34.3 Å². The summed E-state index contributed by atoms with van der Waals surface area (Å²) >= 11 is 1.20. The number of aromatic nitrogens is 1. The van der Waals surface area contributed by atoms with Crippen LogP contribution in [0, 0.1) is 6.92 Å². The largest absolute Gasteiger partial charge is 0.480 e. The first-order valence-corrected chi connectivity index (χ1v) is 12.0. The number of carbonyl (C=O) groups excluding carboxylic acids is 2. The molecule has 184 valence electrons. The molecule has 0 radical (unpaired) electrons. The van der Waals surface area contributed by atoms with Gasteiger partial charge in [0.15, 0.2) is 5.13 Å². The van der Waals surface area contributed by atoms with Gasteiger partial charge in [-0.05, 0) is 56.6 Å². The highest BCUT2D eigenvalue weighted by molar-refractivity contribution is 7.17. The summed E-state index contributed by atoms with van der Waals surface area (Å²) in [7, 11) is 0. The van der Waals surface area contributed by atoms with Crippen LogP contribution in [0.15, 0.2) is 54.6 Å². The Hall–Kier alpha value is -3.76. The molecular formula is C25H28N4O5S. The number of thiazole rings is 1. The van der Waals surface area contributed by atoms with Crippen molar-refractivity contribution in [2.75, 3.05) is 23.8 Å². The molecule has 1 amide bonds. The highest BCUT2D eigenvalue weighted by atomic mass is 32.1. The summed E-state index contributed by atoms with van der Waals surface area (Å²) in [5.74, 6) is -1.88. The van der Waals surface area contributed by atoms with E-state index in [0.717, 1.165) is 11.3 Å². The molecule has 2 aromatic carbocycles. The minimum absolute atomic E-state index is 0.195. The Bertz CT molecular complexity index is 1150. The van der Waals surface area contributed by atoms with E-state index < -0.39 is 23.9 Å². The quantitative estimate of drug-likeness (QED) is 0.277. The smallest absolute Gasteiger partial charge is 0.350 e. The van der Waals surface area contributed by atoms with Gasteiger partial charge in [0.2, 0.25) is 5.91 Å². The fraction of sp³-hybridized carbons (Fsp3) is 0.280. The van der Waals surface area contributed by atoms with Crippen LogP contribution in [0.2, 0.25) is 0 Å². The molecule has 1 heterocycles.